The Morgan fingerprint density at radius 1 is 1.29 bits per heavy atom. The summed E-state index contributed by atoms with van der Waals surface area (Å²) in [5.74, 6) is 0.283. The maximum Gasteiger partial charge on any atom is 0.317 e. The molecule has 1 aliphatic heterocycles. The summed E-state index contributed by atoms with van der Waals surface area (Å²) in [6.45, 7) is 3.90. The Balaban J connectivity index is 1.51. The van der Waals surface area contributed by atoms with Gasteiger partial charge in [-0.1, -0.05) is 31.2 Å². The van der Waals surface area contributed by atoms with Crippen molar-refractivity contribution in [2.24, 2.45) is 11.8 Å². The Hall–Kier alpha value is -2.04. The van der Waals surface area contributed by atoms with Crippen LogP contribution >= 0.6 is 0 Å². The van der Waals surface area contributed by atoms with E-state index in [9.17, 15) is 9.59 Å². The van der Waals surface area contributed by atoms with Crippen molar-refractivity contribution >= 4 is 12.0 Å². The van der Waals surface area contributed by atoms with Gasteiger partial charge in [0, 0.05) is 25.6 Å². The molecular weight excluding hydrogens is 304 g/mol. The zero-order valence-corrected chi connectivity index (χ0v) is 14.5. The highest BCUT2D eigenvalue weighted by atomic mass is 16.5. The number of urea groups is 1. The molecule has 1 N–H and O–H groups in total. The minimum atomic E-state index is -0.162. The van der Waals surface area contributed by atoms with E-state index in [1.807, 2.05) is 11.8 Å². The largest absolute Gasteiger partial charge is 0.469 e. The number of hydrogen-bond acceptors (Lipinski definition) is 3. The first-order chi connectivity index (χ1) is 11.6. The summed E-state index contributed by atoms with van der Waals surface area (Å²) in [7, 11) is 1.42. The van der Waals surface area contributed by atoms with Crippen molar-refractivity contribution in [3.8, 4) is 0 Å². The van der Waals surface area contributed by atoms with Crippen LogP contribution in [0.3, 0.4) is 0 Å². The lowest BCUT2D eigenvalue weighted by Crippen LogP contribution is -2.49. The molecule has 5 heteroatoms. The molecule has 0 unspecified atom stereocenters. The highest BCUT2D eigenvalue weighted by Gasteiger charge is 2.34. The number of amides is 2. The van der Waals surface area contributed by atoms with E-state index in [-0.39, 0.29) is 23.8 Å². The normalized spacial score (nSPS) is 25.9. The lowest BCUT2D eigenvalue weighted by atomic mass is 9.87. The number of benzene rings is 1. The van der Waals surface area contributed by atoms with Gasteiger partial charge in [0.1, 0.15) is 0 Å². The van der Waals surface area contributed by atoms with Gasteiger partial charge in [-0.05, 0) is 36.3 Å². The summed E-state index contributed by atoms with van der Waals surface area (Å²) < 4.78 is 4.85. The van der Waals surface area contributed by atoms with Gasteiger partial charge in [0.05, 0.1) is 13.0 Å². The van der Waals surface area contributed by atoms with Crippen LogP contribution in [-0.4, -0.2) is 43.6 Å². The Labute approximate surface area is 143 Å². The van der Waals surface area contributed by atoms with Crippen LogP contribution in [0.2, 0.25) is 0 Å². The molecule has 1 aromatic carbocycles. The lowest BCUT2D eigenvalue weighted by Gasteiger charge is -2.35. The summed E-state index contributed by atoms with van der Waals surface area (Å²) in [5, 5.41) is 3.08. The molecule has 0 saturated carbocycles. The van der Waals surface area contributed by atoms with E-state index in [2.05, 4.69) is 29.6 Å². The minimum Gasteiger partial charge on any atom is -0.469 e. The predicted molar refractivity (Wildman–Crippen MR) is 91.8 cm³/mol. The molecule has 0 radical (unpaired) electrons. The highest BCUT2D eigenvalue weighted by Crippen LogP contribution is 2.32. The molecule has 24 heavy (non-hydrogen) atoms. The number of methoxy groups -OCH3 is 1. The molecule has 3 atom stereocenters. The molecule has 1 aromatic rings. The van der Waals surface area contributed by atoms with E-state index < -0.39 is 0 Å². The lowest BCUT2D eigenvalue weighted by molar-refractivity contribution is -0.148. The third-order valence-electron chi connectivity index (χ3n) is 5.45. The zero-order chi connectivity index (χ0) is 17.1. The fraction of sp³-hybridized carbons (Fsp3) is 0.579. The highest BCUT2D eigenvalue weighted by molar-refractivity contribution is 5.76. The van der Waals surface area contributed by atoms with Gasteiger partial charge in [-0.25, -0.2) is 4.79 Å². The monoisotopic (exact) mass is 330 g/mol. The molecule has 3 rings (SSSR count). The molecule has 1 heterocycles. The Kier molecular flexibility index (Phi) is 5.07. The average Bonchev–Trinajstić information content (AvgIpc) is 3.02. The second-order valence-electron chi connectivity index (χ2n) is 6.96. The van der Waals surface area contributed by atoms with E-state index in [1.165, 1.54) is 18.2 Å². The zero-order valence-electron chi connectivity index (χ0n) is 14.5. The second-order valence-corrected chi connectivity index (χ2v) is 6.96. The first kappa shape index (κ1) is 16.8. The molecule has 1 saturated heterocycles. The van der Waals surface area contributed by atoms with Crippen LogP contribution in [0.1, 0.15) is 36.8 Å². The third kappa shape index (κ3) is 3.40. The van der Waals surface area contributed by atoms with Crippen LogP contribution in [0, 0.1) is 11.8 Å². The molecule has 2 aliphatic rings. The molecule has 0 spiro atoms. The van der Waals surface area contributed by atoms with E-state index in [0.717, 1.165) is 12.8 Å². The summed E-state index contributed by atoms with van der Waals surface area (Å²) in [5.41, 5.74) is 2.78. The molecule has 130 valence electrons. The quantitative estimate of drug-likeness (QED) is 0.867. The van der Waals surface area contributed by atoms with Gasteiger partial charge >= 0.3 is 12.0 Å². The Morgan fingerprint density at radius 3 is 2.83 bits per heavy atom. The van der Waals surface area contributed by atoms with Crippen LogP contribution in [0.15, 0.2) is 24.3 Å². The fourth-order valence-electron chi connectivity index (χ4n) is 4.01. The maximum atomic E-state index is 12.5. The summed E-state index contributed by atoms with van der Waals surface area (Å²) in [4.78, 5) is 26.0. The summed E-state index contributed by atoms with van der Waals surface area (Å²) in [6.07, 6.45) is 2.87. The standard InChI is InChI=1S/C19H26N2O3/c1-13-12-21(10-9-16(13)18(22)24-2)19(23)20-11-15-8-7-14-5-3-4-6-17(14)15/h3-6,13,15-16H,7-12H2,1-2H3,(H,20,23)/t13-,15-,16+/m0/s1. The van der Waals surface area contributed by atoms with Gasteiger partial charge in [0.15, 0.2) is 0 Å². The van der Waals surface area contributed by atoms with Crippen molar-refractivity contribution < 1.29 is 14.3 Å². The molecular formula is C19H26N2O3. The number of likely N-dealkylation sites (tertiary alicyclic amines) is 1. The number of ether oxygens (including phenoxy) is 1. The van der Waals surface area contributed by atoms with Crippen LogP contribution in [0.4, 0.5) is 4.79 Å². The third-order valence-corrected chi connectivity index (χ3v) is 5.45. The number of hydrogen-bond donors (Lipinski definition) is 1. The van der Waals surface area contributed by atoms with E-state index in [0.29, 0.717) is 32.0 Å². The van der Waals surface area contributed by atoms with E-state index in [1.54, 1.807) is 0 Å². The van der Waals surface area contributed by atoms with E-state index in [4.69, 9.17) is 4.74 Å². The van der Waals surface area contributed by atoms with Crippen LogP contribution in [0.5, 0.6) is 0 Å². The van der Waals surface area contributed by atoms with Gasteiger partial charge in [-0.2, -0.15) is 0 Å². The molecule has 2 amide bonds. The first-order valence-electron chi connectivity index (χ1n) is 8.78. The average molecular weight is 330 g/mol. The van der Waals surface area contributed by atoms with Gasteiger partial charge < -0.3 is 15.0 Å². The summed E-state index contributed by atoms with van der Waals surface area (Å²) in [6, 6.07) is 8.47. The Bertz CT molecular complexity index is 616. The van der Waals surface area contributed by atoms with Crippen LogP contribution < -0.4 is 5.32 Å². The van der Waals surface area contributed by atoms with Crippen molar-refractivity contribution in [3.05, 3.63) is 35.4 Å². The SMILES string of the molecule is COC(=O)[C@@H]1CCN(C(=O)NC[C@@H]2CCc3ccccc32)C[C@@H]1C. The van der Waals surface area contributed by atoms with Gasteiger partial charge in [0.25, 0.3) is 0 Å². The number of aryl methyl sites for hydroxylation is 1. The topological polar surface area (TPSA) is 58.6 Å². The van der Waals surface area contributed by atoms with Crippen LogP contribution in [-0.2, 0) is 16.0 Å². The number of piperidine rings is 1. The predicted octanol–water partition coefficient (Wildman–Crippen LogP) is 2.56. The van der Waals surface area contributed by atoms with Crippen molar-refractivity contribution in [1.82, 2.24) is 10.2 Å². The van der Waals surface area contributed by atoms with Gasteiger partial charge in [-0.15, -0.1) is 0 Å². The molecule has 0 aromatic heterocycles. The van der Waals surface area contributed by atoms with Crippen molar-refractivity contribution in [2.45, 2.75) is 32.1 Å². The molecule has 1 aliphatic carbocycles. The molecule has 5 nitrogen and oxygen atoms in total. The van der Waals surface area contributed by atoms with Gasteiger partial charge in [0.2, 0.25) is 0 Å². The smallest absolute Gasteiger partial charge is 0.317 e. The Morgan fingerprint density at radius 2 is 2.08 bits per heavy atom. The van der Waals surface area contributed by atoms with Crippen molar-refractivity contribution in [2.75, 3.05) is 26.7 Å². The van der Waals surface area contributed by atoms with Crippen LogP contribution in [0.25, 0.3) is 0 Å². The van der Waals surface area contributed by atoms with E-state index >= 15 is 0 Å². The van der Waals surface area contributed by atoms with Crippen molar-refractivity contribution in [1.29, 1.82) is 0 Å². The fourth-order valence-corrected chi connectivity index (χ4v) is 4.01. The first-order valence-corrected chi connectivity index (χ1v) is 8.78. The second kappa shape index (κ2) is 7.24. The number of nitrogens with zero attached hydrogens (tertiary/aromatic N) is 1. The molecule has 1 fully saturated rings. The number of carbonyl (C=O) groups is 2. The number of carbonyl (C=O) groups excluding carboxylic acids is 2. The number of esters is 1. The minimum absolute atomic E-state index is 0.0189. The molecule has 0 bridgehead atoms. The maximum absolute atomic E-state index is 12.5. The number of rotatable bonds is 3. The summed E-state index contributed by atoms with van der Waals surface area (Å²) >= 11 is 0. The van der Waals surface area contributed by atoms with Gasteiger partial charge in [-0.3, -0.25) is 4.79 Å². The number of nitrogens with one attached hydrogen (secondary N) is 1. The van der Waals surface area contributed by atoms with Crippen molar-refractivity contribution in [3.63, 3.8) is 0 Å². The number of fused-ring (bicyclic) bond motifs is 1.